The van der Waals surface area contributed by atoms with E-state index in [1.807, 2.05) is 13.8 Å². The lowest BCUT2D eigenvalue weighted by atomic mass is 9.49. The lowest BCUT2D eigenvalue weighted by Crippen LogP contribution is -2.42. The quantitative estimate of drug-likeness (QED) is 0.587. The fraction of sp³-hybridized carbons (Fsp3) is 1.00. The van der Waals surface area contributed by atoms with Crippen molar-refractivity contribution in [3.8, 4) is 0 Å². The third-order valence-electron chi connectivity index (χ3n) is 1.80. The highest BCUT2D eigenvalue weighted by molar-refractivity contribution is 7.10. The highest BCUT2D eigenvalue weighted by Crippen LogP contribution is 2.11. The van der Waals surface area contributed by atoms with Gasteiger partial charge in [0.25, 0.3) is 0 Å². The highest BCUT2D eigenvalue weighted by Gasteiger charge is 2.43. The molecule has 0 spiro atoms. The monoisotopic (exact) mass is 186 g/mol. The van der Waals surface area contributed by atoms with Gasteiger partial charge in [0.2, 0.25) is 0 Å². The summed E-state index contributed by atoms with van der Waals surface area (Å²) >= 11 is 0. The van der Waals surface area contributed by atoms with Gasteiger partial charge in [-0.1, -0.05) is 6.92 Å². The Morgan fingerprint density at radius 2 is 2.38 bits per heavy atom. The Morgan fingerprint density at radius 3 is 2.85 bits per heavy atom. The normalized spacial score (nSPS) is 22.4. The van der Waals surface area contributed by atoms with Crippen LogP contribution < -0.4 is 0 Å². The molecule has 74 valence electrons. The first kappa shape index (κ1) is 11.0. The lowest BCUT2D eigenvalue weighted by Gasteiger charge is -2.13. The Bertz CT molecular complexity index is 146. The molecule has 13 heavy (non-hydrogen) atoms. The first-order valence-electron chi connectivity index (χ1n) is 4.69. The first-order chi connectivity index (χ1) is 6.27. The van der Waals surface area contributed by atoms with Gasteiger partial charge in [-0.3, -0.25) is 0 Å². The van der Waals surface area contributed by atoms with Gasteiger partial charge in [0.05, 0.1) is 12.7 Å². The van der Waals surface area contributed by atoms with E-state index in [1.54, 1.807) is 7.11 Å². The van der Waals surface area contributed by atoms with Crippen molar-refractivity contribution in [2.24, 2.45) is 0 Å². The average Bonchev–Trinajstić information content (AvgIpc) is 2.54. The van der Waals surface area contributed by atoms with Crippen molar-refractivity contribution in [2.45, 2.75) is 26.4 Å². The highest BCUT2D eigenvalue weighted by atomic mass is 16.7. The molecule has 0 radical (unpaired) electrons. The molecule has 1 unspecified atom stereocenters. The zero-order valence-corrected chi connectivity index (χ0v) is 8.49. The van der Waals surface area contributed by atoms with Gasteiger partial charge >= 0.3 is 14.0 Å². The summed E-state index contributed by atoms with van der Waals surface area (Å²) in [7, 11) is 0.826. The van der Waals surface area contributed by atoms with Crippen LogP contribution in [0.25, 0.3) is 0 Å². The van der Waals surface area contributed by atoms with E-state index in [2.05, 4.69) is 0 Å². The van der Waals surface area contributed by atoms with E-state index < -0.39 is 7.01 Å². The molecule has 0 bridgehead atoms. The molecular formula is C7H16B2O4. The Balaban J connectivity index is 2.29. The summed E-state index contributed by atoms with van der Waals surface area (Å²) < 4.78 is 21.3. The van der Waals surface area contributed by atoms with Gasteiger partial charge in [0, 0.05) is 13.7 Å². The van der Waals surface area contributed by atoms with Crippen molar-refractivity contribution in [1.29, 1.82) is 0 Å². The third kappa shape index (κ3) is 3.31. The molecule has 0 aromatic rings. The van der Waals surface area contributed by atoms with Crippen LogP contribution in [0.5, 0.6) is 0 Å². The largest absolute Gasteiger partial charge is 0.488 e. The molecule has 1 rings (SSSR count). The lowest BCUT2D eigenvalue weighted by molar-refractivity contribution is 0.224. The Kier molecular flexibility index (Phi) is 4.80. The van der Waals surface area contributed by atoms with E-state index in [-0.39, 0.29) is 13.1 Å². The molecule has 1 atom stereocenters. The number of hydrogen-bond donors (Lipinski definition) is 0. The summed E-state index contributed by atoms with van der Waals surface area (Å²) in [6.45, 7) is 5.29. The molecule has 0 N–H and O–H groups in total. The Morgan fingerprint density at radius 1 is 1.62 bits per heavy atom. The van der Waals surface area contributed by atoms with E-state index >= 15 is 0 Å². The van der Waals surface area contributed by atoms with Gasteiger partial charge in [0.1, 0.15) is 0 Å². The molecule has 0 saturated carbocycles. The Labute approximate surface area is 80.1 Å². The molecule has 1 aliphatic rings. The molecule has 0 amide bonds. The van der Waals surface area contributed by atoms with Crippen molar-refractivity contribution in [3.05, 3.63) is 0 Å². The third-order valence-corrected chi connectivity index (χ3v) is 1.80. The van der Waals surface area contributed by atoms with E-state index in [9.17, 15) is 0 Å². The smallest absolute Gasteiger partial charge is 0.416 e. The van der Waals surface area contributed by atoms with Gasteiger partial charge in [-0.05, 0) is 13.3 Å². The summed E-state index contributed by atoms with van der Waals surface area (Å²) in [6.07, 6.45) is 1.09. The van der Waals surface area contributed by atoms with Crippen LogP contribution in [0.4, 0.5) is 0 Å². The molecule has 0 aromatic heterocycles. The van der Waals surface area contributed by atoms with E-state index in [1.165, 1.54) is 0 Å². The van der Waals surface area contributed by atoms with Crippen LogP contribution in [-0.4, -0.2) is 40.4 Å². The summed E-state index contributed by atoms with van der Waals surface area (Å²) in [5.74, 6) is 0. The van der Waals surface area contributed by atoms with Crippen molar-refractivity contribution in [1.82, 2.24) is 0 Å². The van der Waals surface area contributed by atoms with Gasteiger partial charge in [0.15, 0.2) is 0 Å². The van der Waals surface area contributed by atoms with Crippen molar-refractivity contribution in [3.63, 3.8) is 0 Å². The molecule has 1 heterocycles. The van der Waals surface area contributed by atoms with Gasteiger partial charge < -0.3 is 18.6 Å². The van der Waals surface area contributed by atoms with Crippen molar-refractivity contribution in [2.75, 3.05) is 20.3 Å². The zero-order valence-electron chi connectivity index (χ0n) is 8.49. The second-order valence-electron chi connectivity index (χ2n) is 3.12. The second-order valence-corrected chi connectivity index (χ2v) is 3.12. The maximum atomic E-state index is 5.44. The molecule has 1 aliphatic heterocycles. The fourth-order valence-electron chi connectivity index (χ4n) is 1.17. The van der Waals surface area contributed by atoms with Crippen LogP contribution in [-0.2, 0) is 18.6 Å². The minimum absolute atomic E-state index is 0.132. The van der Waals surface area contributed by atoms with Crippen LogP contribution in [0.15, 0.2) is 0 Å². The van der Waals surface area contributed by atoms with Gasteiger partial charge in [-0.2, -0.15) is 0 Å². The topological polar surface area (TPSA) is 36.9 Å². The van der Waals surface area contributed by atoms with E-state index in [4.69, 9.17) is 18.6 Å². The molecular weight excluding hydrogens is 170 g/mol. The van der Waals surface area contributed by atoms with Crippen LogP contribution in [0.1, 0.15) is 20.3 Å². The van der Waals surface area contributed by atoms with Crippen molar-refractivity contribution >= 4 is 14.0 Å². The maximum Gasteiger partial charge on any atom is 0.488 e. The molecule has 1 saturated heterocycles. The molecule has 0 aliphatic carbocycles. The molecule has 4 nitrogen and oxygen atoms in total. The fourth-order valence-corrected chi connectivity index (χ4v) is 1.17. The predicted molar refractivity (Wildman–Crippen MR) is 51.3 cm³/mol. The minimum Gasteiger partial charge on any atom is -0.416 e. The summed E-state index contributed by atoms with van der Waals surface area (Å²) in [6, 6.07) is 0. The van der Waals surface area contributed by atoms with Crippen LogP contribution in [0.3, 0.4) is 0 Å². The average molecular weight is 186 g/mol. The Hall–Kier alpha value is -0.0301. The number of rotatable bonds is 5. The number of hydrogen-bond acceptors (Lipinski definition) is 4. The predicted octanol–water partition coefficient (Wildman–Crippen LogP) is 0.550. The summed E-state index contributed by atoms with van der Waals surface area (Å²) in [5, 5.41) is 0. The maximum absolute atomic E-state index is 5.44. The SMILES string of the molecule is CCCOB(OC)B1OCC(C)O1. The van der Waals surface area contributed by atoms with Crippen LogP contribution in [0.2, 0.25) is 0 Å². The van der Waals surface area contributed by atoms with E-state index in [0.717, 1.165) is 6.42 Å². The van der Waals surface area contributed by atoms with Gasteiger partial charge in [-0.15, -0.1) is 0 Å². The molecule has 6 heteroatoms. The summed E-state index contributed by atoms with van der Waals surface area (Å²) in [4.78, 5) is 0. The van der Waals surface area contributed by atoms with Crippen LogP contribution in [0, 0.1) is 0 Å². The van der Waals surface area contributed by atoms with E-state index in [0.29, 0.717) is 13.2 Å². The minimum atomic E-state index is -0.398. The van der Waals surface area contributed by atoms with Crippen molar-refractivity contribution < 1.29 is 18.6 Å². The first-order valence-corrected chi connectivity index (χ1v) is 4.69. The van der Waals surface area contributed by atoms with Gasteiger partial charge in [-0.25, -0.2) is 0 Å². The molecule has 1 fully saturated rings. The standard InChI is InChI=1S/C7H16B2O4/c1-4-5-11-8(10-3)9-12-6-7(2)13-9/h7H,4-6H2,1-3H3. The zero-order chi connectivity index (χ0) is 9.68. The van der Waals surface area contributed by atoms with Crippen LogP contribution >= 0.6 is 0 Å². The second kappa shape index (κ2) is 5.65. The molecule has 0 aromatic carbocycles. The summed E-state index contributed by atoms with van der Waals surface area (Å²) in [5.41, 5.74) is 0.